The molecule has 104 valence electrons. The molecule has 0 saturated heterocycles. The molecule has 4 nitrogen and oxygen atoms in total. The summed E-state index contributed by atoms with van der Waals surface area (Å²) in [4.78, 5) is 14.3. The van der Waals surface area contributed by atoms with Gasteiger partial charge < -0.3 is 15.4 Å². The van der Waals surface area contributed by atoms with Crippen molar-refractivity contribution < 1.29 is 9.53 Å². The van der Waals surface area contributed by atoms with Crippen LogP contribution in [-0.2, 0) is 9.53 Å². The molecule has 0 heterocycles. The van der Waals surface area contributed by atoms with Crippen LogP contribution >= 0.6 is 12.2 Å². The Bertz CT molecular complexity index is 301. The first-order valence-corrected chi connectivity index (χ1v) is 7.04. The second kappa shape index (κ2) is 7.04. The normalized spacial score (nSPS) is 22.7. The molecule has 0 spiro atoms. The van der Waals surface area contributed by atoms with Crippen LogP contribution in [0.2, 0.25) is 0 Å². The van der Waals surface area contributed by atoms with Crippen LogP contribution in [0.15, 0.2) is 0 Å². The van der Waals surface area contributed by atoms with Crippen LogP contribution in [0.5, 0.6) is 0 Å². The van der Waals surface area contributed by atoms with Gasteiger partial charge in [0.15, 0.2) is 0 Å². The summed E-state index contributed by atoms with van der Waals surface area (Å²) in [5, 5.41) is 0. The van der Waals surface area contributed by atoms with E-state index in [1.165, 1.54) is 0 Å². The van der Waals surface area contributed by atoms with Crippen molar-refractivity contribution in [3.63, 3.8) is 0 Å². The second-order valence-electron chi connectivity index (χ2n) is 5.20. The number of carbonyl (C=O) groups is 1. The first kappa shape index (κ1) is 15.4. The molecule has 0 aliphatic heterocycles. The third-order valence-corrected chi connectivity index (χ3v) is 3.46. The van der Waals surface area contributed by atoms with Crippen LogP contribution in [0, 0.1) is 5.92 Å². The predicted octanol–water partition coefficient (Wildman–Crippen LogP) is 1.71. The van der Waals surface area contributed by atoms with Crippen molar-refractivity contribution in [3.05, 3.63) is 0 Å². The summed E-state index contributed by atoms with van der Waals surface area (Å²) in [7, 11) is 0. The van der Waals surface area contributed by atoms with Gasteiger partial charge in [-0.2, -0.15) is 0 Å². The van der Waals surface area contributed by atoms with E-state index in [1.54, 1.807) is 4.90 Å². The Hall–Kier alpha value is -0.680. The molecule has 1 saturated carbocycles. The van der Waals surface area contributed by atoms with Crippen LogP contribution in [0.3, 0.4) is 0 Å². The quantitative estimate of drug-likeness (QED) is 0.717. The topological polar surface area (TPSA) is 55.6 Å². The van der Waals surface area contributed by atoms with E-state index in [0.29, 0.717) is 30.0 Å². The van der Waals surface area contributed by atoms with E-state index in [-0.39, 0.29) is 11.9 Å². The monoisotopic (exact) mass is 272 g/mol. The molecule has 5 heteroatoms. The number of nitrogens with zero attached hydrogens (tertiary/aromatic N) is 1. The highest BCUT2D eigenvalue weighted by Gasteiger charge is 2.32. The molecule has 1 rings (SSSR count). The zero-order chi connectivity index (χ0) is 13.7. The lowest BCUT2D eigenvalue weighted by atomic mass is 9.79. The molecule has 1 fully saturated rings. The van der Waals surface area contributed by atoms with Crippen molar-refractivity contribution in [2.45, 2.75) is 52.2 Å². The van der Waals surface area contributed by atoms with E-state index in [9.17, 15) is 4.79 Å². The molecule has 1 amide bonds. The van der Waals surface area contributed by atoms with Gasteiger partial charge in [0, 0.05) is 19.1 Å². The highest BCUT2D eigenvalue weighted by molar-refractivity contribution is 7.80. The zero-order valence-corrected chi connectivity index (χ0v) is 12.3. The van der Waals surface area contributed by atoms with Crippen LogP contribution < -0.4 is 5.73 Å². The number of amides is 1. The van der Waals surface area contributed by atoms with E-state index in [2.05, 4.69) is 0 Å². The highest BCUT2D eigenvalue weighted by atomic mass is 32.1. The van der Waals surface area contributed by atoms with Crippen molar-refractivity contribution in [3.8, 4) is 0 Å². The fourth-order valence-corrected chi connectivity index (χ4v) is 2.44. The summed E-state index contributed by atoms with van der Waals surface area (Å²) in [6.45, 7) is 7.11. The Kier molecular flexibility index (Phi) is 6.02. The number of nitrogens with two attached hydrogens (primary N) is 1. The number of hydrogen-bond acceptors (Lipinski definition) is 3. The van der Waals surface area contributed by atoms with Crippen LogP contribution in [0.1, 0.15) is 40.0 Å². The smallest absolute Gasteiger partial charge is 0.223 e. The maximum atomic E-state index is 12.2. The van der Waals surface area contributed by atoms with E-state index < -0.39 is 0 Å². The maximum absolute atomic E-state index is 12.2. The van der Waals surface area contributed by atoms with Gasteiger partial charge in [-0.3, -0.25) is 4.79 Å². The van der Waals surface area contributed by atoms with Crippen molar-refractivity contribution in [2.75, 3.05) is 13.2 Å². The van der Waals surface area contributed by atoms with Crippen molar-refractivity contribution in [1.29, 1.82) is 0 Å². The molecular weight excluding hydrogens is 248 g/mol. The second-order valence-corrected chi connectivity index (χ2v) is 5.72. The van der Waals surface area contributed by atoms with Gasteiger partial charge in [0.25, 0.3) is 0 Å². The molecule has 1 aliphatic rings. The molecule has 0 radical (unpaired) electrons. The van der Waals surface area contributed by atoms with Gasteiger partial charge in [0.05, 0.1) is 17.6 Å². The molecule has 2 N–H and O–H groups in total. The number of rotatable bonds is 7. The molecule has 0 aromatic carbocycles. The summed E-state index contributed by atoms with van der Waals surface area (Å²) < 4.78 is 5.50. The average molecular weight is 272 g/mol. The fraction of sp³-hybridized carbons (Fsp3) is 0.846. The standard InChI is InChI=1S/C13H24N2O2S/c1-4-17-11-5-10(6-11)7-13(16)15(9(2)3)8-12(14)18/h9-11H,4-8H2,1-3H3,(H2,14,18). The summed E-state index contributed by atoms with van der Waals surface area (Å²) in [5.74, 6) is 0.611. The molecule has 0 aromatic heterocycles. The van der Waals surface area contributed by atoms with Crippen LogP contribution in [0.25, 0.3) is 0 Å². The van der Waals surface area contributed by atoms with E-state index in [4.69, 9.17) is 22.7 Å². The molecule has 0 atom stereocenters. The Morgan fingerprint density at radius 2 is 2.11 bits per heavy atom. The van der Waals surface area contributed by atoms with Gasteiger partial charge >= 0.3 is 0 Å². The first-order chi connectivity index (χ1) is 8.43. The number of ether oxygens (including phenoxy) is 1. The fourth-order valence-electron chi connectivity index (χ4n) is 2.30. The lowest BCUT2D eigenvalue weighted by molar-refractivity contribution is -0.135. The minimum Gasteiger partial charge on any atom is -0.392 e. The molecular formula is C13H24N2O2S. The Labute approximate surface area is 115 Å². The predicted molar refractivity (Wildman–Crippen MR) is 76.4 cm³/mol. The third-order valence-electron chi connectivity index (χ3n) is 3.33. The summed E-state index contributed by atoms with van der Waals surface area (Å²) >= 11 is 4.88. The van der Waals surface area contributed by atoms with Crippen molar-refractivity contribution in [1.82, 2.24) is 4.90 Å². The number of thiocarbonyl (C=S) groups is 1. The molecule has 0 aromatic rings. The largest absolute Gasteiger partial charge is 0.392 e. The van der Waals surface area contributed by atoms with Gasteiger partial charge in [-0.1, -0.05) is 12.2 Å². The van der Waals surface area contributed by atoms with Gasteiger partial charge in [0.2, 0.25) is 5.91 Å². The molecule has 0 unspecified atom stereocenters. The highest BCUT2D eigenvalue weighted by Crippen LogP contribution is 2.33. The third kappa shape index (κ3) is 4.53. The maximum Gasteiger partial charge on any atom is 0.223 e. The van der Waals surface area contributed by atoms with Crippen LogP contribution in [0.4, 0.5) is 0 Å². The molecule has 18 heavy (non-hydrogen) atoms. The van der Waals surface area contributed by atoms with Crippen LogP contribution in [-0.4, -0.2) is 41.1 Å². The zero-order valence-electron chi connectivity index (χ0n) is 11.5. The first-order valence-electron chi connectivity index (χ1n) is 6.63. The van der Waals surface area contributed by atoms with Crippen molar-refractivity contribution >= 4 is 23.1 Å². The summed E-state index contributed by atoms with van der Waals surface area (Å²) in [6, 6.07) is 0.141. The Balaban J connectivity index is 2.37. The average Bonchev–Trinajstić information content (AvgIpc) is 2.22. The number of hydrogen-bond donors (Lipinski definition) is 1. The molecule has 0 bridgehead atoms. The van der Waals surface area contributed by atoms with Gasteiger partial charge in [-0.05, 0) is 39.5 Å². The van der Waals surface area contributed by atoms with Crippen molar-refractivity contribution in [2.24, 2.45) is 11.7 Å². The summed E-state index contributed by atoms with van der Waals surface area (Å²) in [6.07, 6.45) is 2.94. The van der Waals surface area contributed by atoms with E-state index >= 15 is 0 Å². The van der Waals surface area contributed by atoms with Gasteiger partial charge in [-0.25, -0.2) is 0 Å². The molecule has 1 aliphatic carbocycles. The van der Waals surface area contributed by atoms with E-state index in [1.807, 2.05) is 20.8 Å². The minimum atomic E-state index is 0.141. The van der Waals surface area contributed by atoms with E-state index in [0.717, 1.165) is 19.4 Å². The minimum absolute atomic E-state index is 0.141. The summed E-state index contributed by atoms with van der Waals surface area (Å²) in [5.41, 5.74) is 5.53. The van der Waals surface area contributed by atoms with Gasteiger partial charge in [-0.15, -0.1) is 0 Å². The van der Waals surface area contributed by atoms with Gasteiger partial charge in [0.1, 0.15) is 0 Å². The Morgan fingerprint density at radius 1 is 1.50 bits per heavy atom. The number of carbonyl (C=O) groups excluding carboxylic acids is 1. The lowest BCUT2D eigenvalue weighted by Gasteiger charge is -2.36. The lowest BCUT2D eigenvalue weighted by Crippen LogP contribution is -2.44. The SMILES string of the molecule is CCOC1CC(CC(=O)N(CC(N)=S)C(C)C)C1. The Morgan fingerprint density at radius 3 is 2.56 bits per heavy atom.